The molecule has 0 aliphatic heterocycles. The van der Waals surface area contributed by atoms with Crippen molar-refractivity contribution in [2.45, 2.75) is 90.9 Å². The Morgan fingerprint density at radius 3 is 1.26 bits per heavy atom. The molecule has 0 spiro atoms. The molecule has 0 radical (unpaired) electrons. The van der Waals surface area contributed by atoms with E-state index in [0.29, 0.717) is 23.0 Å². The van der Waals surface area contributed by atoms with E-state index in [2.05, 4.69) is 74.5 Å². The number of thiophene rings is 2. The van der Waals surface area contributed by atoms with Gasteiger partial charge in [-0.1, -0.05) is 139 Å². The van der Waals surface area contributed by atoms with Crippen LogP contribution in [0.1, 0.15) is 121 Å². The van der Waals surface area contributed by atoms with Crippen molar-refractivity contribution in [1.29, 1.82) is 0 Å². The Kier molecular flexibility index (Phi) is 15.3. The molecule has 0 unspecified atom stereocenters. The fourth-order valence-electron chi connectivity index (χ4n) is 5.15. The fourth-order valence-corrected chi connectivity index (χ4v) is 6.96. The highest BCUT2D eigenvalue weighted by molar-refractivity contribution is 7.17. The van der Waals surface area contributed by atoms with E-state index in [1.54, 1.807) is 0 Å². The number of rotatable bonds is 20. The first-order chi connectivity index (χ1) is 22.6. The van der Waals surface area contributed by atoms with Gasteiger partial charge in [-0.05, 0) is 59.4 Å². The molecule has 0 aliphatic rings. The maximum absolute atomic E-state index is 12.5. The Bertz CT molecular complexity index is 1380. The van der Waals surface area contributed by atoms with E-state index in [1.165, 1.54) is 74.0 Å². The Morgan fingerprint density at radius 1 is 0.500 bits per heavy atom. The van der Waals surface area contributed by atoms with Gasteiger partial charge in [0.25, 0.3) is 0 Å². The predicted molar refractivity (Wildman–Crippen MR) is 196 cm³/mol. The van der Waals surface area contributed by atoms with Crippen LogP contribution in [-0.2, 0) is 9.47 Å². The highest BCUT2D eigenvalue weighted by Crippen LogP contribution is 2.31. The van der Waals surface area contributed by atoms with Crippen molar-refractivity contribution in [2.24, 2.45) is 0 Å². The SMILES string of the molecule is CCCCCCCCOC(=O)c1ccc(-c2ccc(C=Cc3ccc(-c4ccc(C(=O)OCCCCCCCC)s4)cc3)cc2)s1. The van der Waals surface area contributed by atoms with Gasteiger partial charge < -0.3 is 9.47 Å². The molecule has 0 bridgehead atoms. The van der Waals surface area contributed by atoms with Crippen molar-refractivity contribution in [1.82, 2.24) is 0 Å². The molecular weight excluding hydrogens is 609 g/mol. The fraction of sp³-hybridized carbons (Fsp3) is 0.400. The molecule has 0 amide bonds. The first kappa shape index (κ1) is 35.4. The second kappa shape index (κ2) is 19.9. The largest absolute Gasteiger partial charge is 0.462 e. The molecule has 0 aliphatic carbocycles. The highest BCUT2D eigenvalue weighted by atomic mass is 32.1. The minimum atomic E-state index is -0.226. The summed E-state index contributed by atoms with van der Waals surface area (Å²) in [6.45, 7) is 5.41. The molecule has 0 saturated heterocycles. The first-order valence-electron chi connectivity index (χ1n) is 17.0. The molecule has 46 heavy (non-hydrogen) atoms. The molecule has 0 saturated carbocycles. The van der Waals surface area contributed by atoms with Crippen molar-refractivity contribution in [3.63, 3.8) is 0 Å². The van der Waals surface area contributed by atoms with Crippen molar-refractivity contribution in [3.8, 4) is 20.9 Å². The molecule has 4 aromatic rings. The normalized spacial score (nSPS) is 11.3. The van der Waals surface area contributed by atoms with Crippen molar-refractivity contribution >= 4 is 46.8 Å². The molecule has 2 aromatic heterocycles. The number of unbranched alkanes of at least 4 members (excludes halogenated alkanes) is 10. The van der Waals surface area contributed by atoms with E-state index in [4.69, 9.17) is 9.47 Å². The lowest BCUT2D eigenvalue weighted by atomic mass is 10.1. The number of hydrogen-bond donors (Lipinski definition) is 0. The summed E-state index contributed by atoms with van der Waals surface area (Å²) in [6.07, 6.45) is 18.3. The van der Waals surface area contributed by atoms with Crippen LogP contribution in [0.5, 0.6) is 0 Å². The third-order valence-corrected chi connectivity index (χ3v) is 10.2. The molecular formula is C40H48O4S2. The van der Waals surface area contributed by atoms with Crippen LogP contribution in [0.4, 0.5) is 0 Å². The Labute approximate surface area is 283 Å². The van der Waals surface area contributed by atoms with Crippen LogP contribution in [0.3, 0.4) is 0 Å². The van der Waals surface area contributed by atoms with Gasteiger partial charge in [-0.2, -0.15) is 0 Å². The summed E-state index contributed by atoms with van der Waals surface area (Å²) in [6, 6.07) is 24.4. The summed E-state index contributed by atoms with van der Waals surface area (Å²) in [5.41, 5.74) is 4.38. The number of hydrogen-bond acceptors (Lipinski definition) is 6. The summed E-state index contributed by atoms with van der Waals surface area (Å²) in [5, 5.41) is 0. The van der Waals surface area contributed by atoms with E-state index in [1.807, 2.05) is 24.3 Å². The number of benzene rings is 2. The molecule has 0 N–H and O–H groups in total. The summed E-state index contributed by atoms with van der Waals surface area (Å²) < 4.78 is 11.0. The Balaban J connectivity index is 1.22. The maximum Gasteiger partial charge on any atom is 0.348 e. The van der Waals surface area contributed by atoms with Gasteiger partial charge in [-0.25, -0.2) is 9.59 Å². The summed E-state index contributed by atoms with van der Waals surface area (Å²) in [4.78, 5) is 28.3. The van der Waals surface area contributed by atoms with Gasteiger partial charge in [-0.15, -0.1) is 22.7 Å². The molecule has 0 fully saturated rings. The van der Waals surface area contributed by atoms with Gasteiger partial charge in [0.15, 0.2) is 0 Å². The van der Waals surface area contributed by atoms with E-state index in [-0.39, 0.29) is 11.9 Å². The topological polar surface area (TPSA) is 52.6 Å². The van der Waals surface area contributed by atoms with E-state index in [0.717, 1.165) is 57.7 Å². The monoisotopic (exact) mass is 656 g/mol. The van der Waals surface area contributed by atoms with Gasteiger partial charge >= 0.3 is 11.9 Å². The zero-order valence-corrected chi connectivity index (χ0v) is 29.1. The maximum atomic E-state index is 12.5. The third-order valence-electron chi connectivity index (χ3n) is 7.94. The molecule has 4 nitrogen and oxygen atoms in total. The smallest absolute Gasteiger partial charge is 0.348 e. The quantitative estimate of drug-likeness (QED) is 0.0539. The average molecular weight is 657 g/mol. The van der Waals surface area contributed by atoms with Gasteiger partial charge in [-0.3, -0.25) is 0 Å². The minimum absolute atomic E-state index is 0.226. The first-order valence-corrected chi connectivity index (χ1v) is 18.6. The standard InChI is InChI=1S/C40H48O4S2/c1-3-5-7-9-11-13-29-43-39(41)37-27-25-35(45-37)33-21-17-31(18-22-33)15-16-32-19-23-34(24-20-32)36-26-28-38(46-36)40(42)44-30-14-12-10-8-6-4-2/h15-28H,3-14,29-30H2,1-2H3. The van der Waals surface area contributed by atoms with Crippen molar-refractivity contribution in [2.75, 3.05) is 13.2 Å². The summed E-state index contributed by atoms with van der Waals surface area (Å²) >= 11 is 2.95. The second-order valence-electron chi connectivity index (χ2n) is 11.7. The molecule has 2 aromatic carbocycles. The predicted octanol–water partition coefficient (Wildman–Crippen LogP) is 12.3. The minimum Gasteiger partial charge on any atom is -0.462 e. The van der Waals surface area contributed by atoms with Gasteiger partial charge in [0, 0.05) is 9.75 Å². The lowest BCUT2D eigenvalue weighted by Crippen LogP contribution is -2.04. The van der Waals surface area contributed by atoms with Gasteiger partial charge in [0.05, 0.1) is 13.2 Å². The third kappa shape index (κ3) is 11.7. The van der Waals surface area contributed by atoms with Crippen LogP contribution in [0, 0.1) is 0 Å². The van der Waals surface area contributed by atoms with E-state index < -0.39 is 0 Å². The molecule has 6 heteroatoms. The van der Waals surface area contributed by atoms with Crippen molar-refractivity contribution in [3.05, 3.63) is 93.7 Å². The lowest BCUT2D eigenvalue weighted by molar-refractivity contribution is 0.0494. The van der Waals surface area contributed by atoms with Crippen LogP contribution in [0.25, 0.3) is 33.0 Å². The van der Waals surface area contributed by atoms with Gasteiger partial charge in [0.1, 0.15) is 9.75 Å². The number of esters is 2. The molecule has 0 atom stereocenters. The summed E-state index contributed by atoms with van der Waals surface area (Å²) in [5.74, 6) is -0.451. The van der Waals surface area contributed by atoms with Crippen LogP contribution in [-0.4, -0.2) is 25.2 Å². The van der Waals surface area contributed by atoms with Crippen LogP contribution >= 0.6 is 22.7 Å². The van der Waals surface area contributed by atoms with Gasteiger partial charge in [0.2, 0.25) is 0 Å². The lowest BCUT2D eigenvalue weighted by Gasteiger charge is -2.03. The van der Waals surface area contributed by atoms with Crippen LogP contribution in [0.2, 0.25) is 0 Å². The number of carbonyl (C=O) groups excluding carboxylic acids is 2. The van der Waals surface area contributed by atoms with E-state index in [9.17, 15) is 9.59 Å². The number of carbonyl (C=O) groups is 2. The van der Waals surface area contributed by atoms with Crippen LogP contribution < -0.4 is 0 Å². The molecule has 244 valence electrons. The zero-order chi connectivity index (χ0) is 32.4. The van der Waals surface area contributed by atoms with E-state index >= 15 is 0 Å². The Hall–Kier alpha value is -3.48. The highest BCUT2D eigenvalue weighted by Gasteiger charge is 2.13. The van der Waals surface area contributed by atoms with Crippen molar-refractivity contribution < 1.29 is 19.1 Å². The summed E-state index contributed by atoms with van der Waals surface area (Å²) in [7, 11) is 0. The number of ether oxygens (including phenoxy) is 2. The average Bonchev–Trinajstić information content (AvgIpc) is 3.78. The molecule has 2 heterocycles. The zero-order valence-electron chi connectivity index (χ0n) is 27.4. The van der Waals surface area contributed by atoms with Crippen LogP contribution in [0.15, 0.2) is 72.8 Å². The second-order valence-corrected chi connectivity index (χ2v) is 13.9. The Morgan fingerprint density at radius 2 is 0.870 bits per heavy atom. The molecule has 4 rings (SSSR count).